The molecule has 0 amide bonds. The molecule has 0 saturated carbocycles. The number of anilines is 3. The zero-order valence-corrected chi connectivity index (χ0v) is 16.2. The van der Waals surface area contributed by atoms with E-state index in [0.717, 1.165) is 30.6 Å². The van der Waals surface area contributed by atoms with Gasteiger partial charge in [-0.2, -0.15) is 41.4 Å². The van der Waals surface area contributed by atoms with E-state index in [1.165, 1.54) is 6.07 Å². The lowest BCUT2D eigenvalue weighted by molar-refractivity contribution is -0.141. The van der Waals surface area contributed by atoms with Crippen molar-refractivity contribution in [1.29, 1.82) is 0 Å². The van der Waals surface area contributed by atoms with Crippen molar-refractivity contribution in [2.75, 3.05) is 10.7 Å². The second kappa shape index (κ2) is 8.94. The lowest BCUT2D eigenvalue weighted by atomic mass is 10.2. The van der Waals surface area contributed by atoms with Crippen molar-refractivity contribution in [3.63, 3.8) is 0 Å². The number of nitrogens with zero attached hydrogens (tertiary/aromatic N) is 4. The summed E-state index contributed by atoms with van der Waals surface area (Å²) in [5.74, 6) is -1.63. The Morgan fingerprint density at radius 3 is 2.31 bits per heavy atom. The van der Waals surface area contributed by atoms with Gasteiger partial charge in [-0.25, -0.2) is 9.82 Å². The maximum atomic E-state index is 13.4. The normalized spacial score (nSPS) is 12.2. The highest BCUT2D eigenvalue weighted by molar-refractivity contribution is 6.29. The molecule has 32 heavy (non-hydrogen) atoms. The summed E-state index contributed by atoms with van der Waals surface area (Å²) in [6.45, 7) is 0. The summed E-state index contributed by atoms with van der Waals surface area (Å²) in [7, 11) is 0. The zero-order valence-electron chi connectivity index (χ0n) is 15.4. The molecule has 2 N–H and O–H groups in total. The third kappa shape index (κ3) is 6.03. The first kappa shape index (κ1) is 23.2. The quantitative estimate of drug-likeness (QED) is 0.207. The topological polar surface area (TPSA) is 75.1 Å². The van der Waals surface area contributed by atoms with Gasteiger partial charge in [-0.1, -0.05) is 11.6 Å². The minimum atomic E-state index is -4.89. The fourth-order valence-electron chi connectivity index (χ4n) is 2.31. The number of hydrogen-bond donors (Lipinski definition) is 2. The summed E-state index contributed by atoms with van der Waals surface area (Å²) in [5, 5.41) is 6.19. The summed E-state index contributed by atoms with van der Waals surface area (Å²) >= 11 is 5.86. The molecule has 0 spiro atoms. The van der Waals surface area contributed by atoms with Crippen molar-refractivity contribution in [2.24, 2.45) is 5.10 Å². The molecule has 0 atom stereocenters. The molecule has 168 valence electrons. The molecule has 0 unspecified atom stereocenters. The van der Waals surface area contributed by atoms with Gasteiger partial charge in [0.05, 0.1) is 11.8 Å². The number of aromatic nitrogens is 3. The van der Waals surface area contributed by atoms with Crippen LogP contribution in [0.15, 0.2) is 47.7 Å². The summed E-state index contributed by atoms with van der Waals surface area (Å²) < 4.78 is 89.5. The van der Waals surface area contributed by atoms with Gasteiger partial charge in [0, 0.05) is 23.5 Å². The molecular weight excluding hydrogens is 469 g/mol. The Hall–Kier alpha value is -3.48. The standard InChI is InChI=1S/C18H10ClF7N6/c19-14-6-15(29-10-2-3-12(20)11(5-10)17(21,22)23)31-16(30-14)32-28-8-9-1-4-13(27-7-9)18(24,25)26/h1-8H,(H2,29,30,31,32)/b28-8+. The molecule has 0 bridgehead atoms. The van der Waals surface area contributed by atoms with Crippen LogP contribution in [-0.4, -0.2) is 21.2 Å². The van der Waals surface area contributed by atoms with Gasteiger partial charge in [0.2, 0.25) is 5.95 Å². The molecule has 2 heterocycles. The fraction of sp³-hybridized carbons (Fsp3) is 0.111. The van der Waals surface area contributed by atoms with E-state index in [9.17, 15) is 30.7 Å². The number of rotatable bonds is 5. The number of halogens is 8. The van der Waals surface area contributed by atoms with Gasteiger partial charge in [0.15, 0.2) is 0 Å². The van der Waals surface area contributed by atoms with E-state index in [1.54, 1.807) is 0 Å². The summed E-state index contributed by atoms with van der Waals surface area (Å²) in [5.41, 5.74) is -0.0227. The average molecular weight is 479 g/mol. The number of hydrazone groups is 1. The first-order valence-electron chi connectivity index (χ1n) is 8.42. The van der Waals surface area contributed by atoms with E-state index >= 15 is 0 Å². The van der Waals surface area contributed by atoms with E-state index < -0.39 is 29.4 Å². The lowest BCUT2D eigenvalue weighted by Crippen LogP contribution is -2.09. The van der Waals surface area contributed by atoms with Crippen LogP contribution < -0.4 is 10.7 Å². The Morgan fingerprint density at radius 2 is 1.69 bits per heavy atom. The van der Waals surface area contributed by atoms with Crippen molar-refractivity contribution in [3.8, 4) is 0 Å². The second-order valence-corrected chi connectivity index (χ2v) is 6.45. The molecule has 14 heteroatoms. The molecule has 0 aliphatic heterocycles. The monoisotopic (exact) mass is 478 g/mol. The predicted molar refractivity (Wildman–Crippen MR) is 102 cm³/mol. The summed E-state index contributed by atoms with van der Waals surface area (Å²) in [6.07, 6.45) is -7.37. The van der Waals surface area contributed by atoms with E-state index in [1.807, 2.05) is 0 Å². The molecule has 0 fully saturated rings. The molecule has 1 aromatic carbocycles. The Balaban J connectivity index is 1.73. The molecule has 2 aromatic heterocycles. The van der Waals surface area contributed by atoms with E-state index in [0.29, 0.717) is 12.1 Å². The molecule has 0 aliphatic rings. The van der Waals surface area contributed by atoms with E-state index in [2.05, 4.69) is 30.8 Å². The molecule has 3 aromatic rings. The molecule has 0 radical (unpaired) electrons. The molecule has 0 saturated heterocycles. The van der Waals surface area contributed by atoms with Crippen LogP contribution in [0, 0.1) is 5.82 Å². The maximum absolute atomic E-state index is 13.4. The Bertz CT molecular complexity index is 1130. The first-order chi connectivity index (χ1) is 14.9. The van der Waals surface area contributed by atoms with Gasteiger partial charge in [0.1, 0.15) is 22.5 Å². The predicted octanol–water partition coefficient (Wildman–Crippen LogP) is 5.89. The highest BCUT2D eigenvalue weighted by Crippen LogP contribution is 2.33. The number of pyridine rings is 1. The van der Waals surface area contributed by atoms with Crippen LogP contribution in [-0.2, 0) is 12.4 Å². The summed E-state index contributed by atoms with van der Waals surface area (Å²) in [4.78, 5) is 11.0. The van der Waals surface area contributed by atoms with Crippen LogP contribution in [0.1, 0.15) is 16.8 Å². The van der Waals surface area contributed by atoms with Gasteiger partial charge >= 0.3 is 12.4 Å². The number of alkyl halides is 6. The minimum absolute atomic E-state index is 0.0290. The van der Waals surface area contributed by atoms with Crippen LogP contribution in [0.4, 0.5) is 48.2 Å². The number of benzene rings is 1. The van der Waals surface area contributed by atoms with Crippen molar-refractivity contribution in [3.05, 3.63) is 70.4 Å². The molecule has 6 nitrogen and oxygen atoms in total. The molecule has 0 aliphatic carbocycles. The van der Waals surface area contributed by atoms with Crippen LogP contribution in [0.2, 0.25) is 5.15 Å². The lowest BCUT2D eigenvalue weighted by Gasteiger charge is -2.12. The van der Waals surface area contributed by atoms with Gasteiger partial charge in [-0.15, -0.1) is 0 Å². The van der Waals surface area contributed by atoms with Crippen LogP contribution in [0.25, 0.3) is 0 Å². The Labute approximate surface area is 180 Å². The summed E-state index contributed by atoms with van der Waals surface area (Å²) in [6, 6.07) is 5.40. The third-order valence-corrected chi connectivity index (χ3v) is 3.89. The van der Waals surface area contributed by atoms with Gasteiger partial charge in [-0.3, -0.25) is 4.98 Å². The smallest absolute Gasteiger partial charge is 0.340 e. The second-order valence-electron chi connectivity index (χ2n) is 6.06. The Kier molecular flexibility index (Phi) is 6.48. The highest BCUT2D eigenvalue weighted by Gasteiger charge is 2.34. The van der Waals surface area contributed by atoms with Gasteiger partial charge in [0.25, 0.3) is 0 Å². The maximum Gasteiger partial charge on any atom is 0.433 e. The zero-order chi connectivity index (χ0) is 23.5. The average Bonchev–Trinajstić information content (AvgIpc) is 2.68. The van der Waals surface area contributed by atoms with Crippen molar-refractivity contribution >= 4 is 35.3 Å². The van der Waals surface area contributed by atoms with Gasteiger partial charge in [-0.05, 0) is 30.3 Å². The van der Waals surface area contributed by atoms with Crippen LogP contribution in [0.5, 0.6) is 0 Å². The number of nitrogens with one attached hydrogen (secondary N) is 2. The fourth-order valence-corrected chi connectivity index (χ4v) is 2.50. The first-order valence-corrected chi connectivity index (χ1v) is 8.80. The van der Waals surface area contributed by atoms with E-state index in [4.69, 9.17) is 11.6 Å². The molecular formula is C18H10ClF7N6. The van der Waals surface area contributed by atoms with Crippen molar-refractivity contribution in [1.82, 2.24) is 15.0 Å². The van der Waals surface area contributed by atoms with Crippen molar-refractivity contribution < 1.29 is 30.7 Å². The molecule has 3 rings (SSSR count). The Morgan fingerprint density at radius 1 is 0.938 bits per heavy atom. The minimum Gasteiger partial charge on any atom is -0.340 e. The van der Waals surface area contributed by atoms with Gasteiger partial charge < -0.3 is 5.32 Å². The SMILES string of the molecule is Fc1ccc(Nc2cc(Cl)nc(N/N=C/c3ccc(C(F)(F)F)nc3)n2)cc1C(F)(F)F. The van der Waals surface area contributed by atoms with Crippen LogP contribution >= 0.6 is 11.6 Å². The van der Waals surface area contributed by atoms with Crippen LogP contribution in [0.3, 0.4) is 0 Å². The van der Waals surface area contributed by atoms with E-state index in [-0.39, 0.29) is 28.2 Å². The highest BCUT2D eigenvalue weighted by atomic mass is 35.5. The third-order valence-electron chi connectivity index (χ3n) is 3.69. The number of hydrogen-bond acceptors (Lipinski definition) is 6. The largest absolute Gasteiger partial charge is 0.433 e. The van der Waals surface area contributed by atoms with Crippen molar-refractivity contribution in [2.45, 2.75) is 12.4 Å².